The lowest BCUT2D eigenvalue weighted by Gasteiger charge is -2.16. The molecule has 0 atom stereocenters. The van der Waals surface area contributed by atoms with Crippen LogP contribution in [0.3, 0.4) is 0 Å². The number of hydrogen-bond donors (Lipinski definition) is 1. The summed E-state index contributed by atoms with van der Waals surface area (Å²) in [6.07, 6.45) is 1.20. The van der Waals surface area contributed by atoms with E-state index < -0.39 is 11.5 Å². The smallest absolute Gasteiger partial charge is 0.333 e. The highest BCUT2D eigenvalue weighted by atomic mass is 16.4. The molecule has 0 saturated heterocycles. The van der Waals surface area contributed by atoms with E-state index in [1.165, 1.54) is 20.2 Å². The summed E-state index contributed by atoms with van der Waals surface area (Å²) in [6, 6.07) is 0. The Morgan fingerprint density at radius 2 is 2.27 bits per heavy atom. The van der Waals surface area contributed by atoms with Gasteiger partial charge in [-0.1, -0.05) is 0 Å². The predicted molar refractivity (Wildman–Crippen MR) is 34.8 cm³/mol. The molecule has 0 amide bonds. The van der Waals surface area contributed by atoms with Gasteiger partial charge in [-0.15, -0.1) is 15.0 Å². The molecule has 0 saturated carbocycles. The molecular weight excluding hydrogens is 148 g/mol. The van der Waals surface area contributed by atoms with Gasteiger partial charge >= 0.3 is 5.97 Å². The van der Waals surface area contributed by atoms with Crippen LogP contribution < -0.4 is 0 Å². The van der Waals surface area contributed by atoms with Crippen molar-refractivity contribution in [1.29, 1.82) is 0 Å². The number of carbonyl (C=O) groups is 1. The maximum absolute atomic E-state index is 10.6. The first-order valence-corrected chi connectivity index (χ1v) is 3.02. The molecule has 6 heteroatoms. The maximum Gasteiger partial charge on any atom is 0.333 e. The number of aromatic nitrogens is 4. The summed E-state index contributed by atoms with van der Waals surface area (Å²) < 4.78 is 0. The summed E-state index contributed by atoms with van der Waals surface area (Å²) in [6.45, 7) is 2.99. The van der Waals surface area contributed by atoms with Gasteiger partial charge in [0.15, 0.2) is 11.9 Å². The number of rotatable bonds is 2. The van der Waals surface area contributed by atoms with E-state index in [-0.39, 0.29) is 0 Å². The molecule has 0 unspecified atom stereocenters. The molecule has 0 aliphatic rings. The Bertz CT molecular complexity index is 253. The van der Waals surface area contributed by atoms with Crippen LogP contribution in [0.4, 0.5) is 0 Å². The second-order valence-corrected chi connectivity index (χ2v) is 2.59. The fourth-order valence-electron chi connectivity index (χ4n) is 0.509. The second-order valence-electron chi connectivity index (χ2n) is 2.59. The second kappa shape index (κ2) is 2.30. The van der Waals surface area contributed by atoms with Crippen LogP contribution in [0.1, 0.15) is 13.8 Å². The van der Waals surface area contributed by atoms with Crippen LogP contribution in [0.25, 0.3) is 0 Å². The lowest BCUT2D eigenvalue weighted by atomic mass is 10.1. The first kappa shape index (κ1) is 7.64. The summed E-state index contributed by atoms with van der Waals surface area (Å²) in [5, 5.41) is 19.2. The third-order valence-corrected chi connectivity index (χ3v) is 1.37. The molecule has 0 bridgehead atoms. The third kappa shape index (κ3) is 1.19. The Balaban J connectivity index is 3.00. The fraction of sp³-hybridized carbons (Fsp3) is 0.600. The molecule has 1 aromatic rings. The fourth-order valence-corrected chi connectivity index (χ4v) is 0.509. The minimum atomic E-state index is -1.13. The number of carboxylic acid groups (broad SMARTS) is 1. The van der Waals surface area contributed by atoms with Crippen molar-refractivity contribution in [3.63, 3.8) is 0 Å². The van der Waals surface area contributed by atoms with Crippen molar-refractivity contribution in [3.8, 4) is 0 Å². The van der Waals surface area contributed by atoms with Crippen LogP contribution in [-0.2, 0) is 10.3 Å². The number of tetrazole rings is 1. The molecule has 1 aromatic heterocycles. The normalized spacial score (nSPS) is 11.5. The zero-order valence-corrected chi connectivity index (χ0v) is 6.22. The van der Waals surface area contributed by atoms with Crippen LogP contribution in [0, 0.1) is 0 Å². The van der Waals surface area contributed by atoms with Crippen LogP contribution in [0.15, 0.2) is 6.33 Å². The summed E-state index contributed by atoms with van der Waals surface area (Å²) in [7, 11) is 0. The van der Waals surface area contributed by atoms with Gasteiger partial charge in [-0.25, -0.2) is 4.79 Å². The van der Waals surface area contributed by atoms with Gasteiger partial charge in [0, 0.05) is 0 Å². The van der Waals surface area contributed by atoms with Crippen LogP contribution in [0.2, 0.25) is 0 Å². The molecule has 0 aliphatic heterocycles. The number of aliphatic carboxylic acids is 1. The predicted octanol–water partition coefficient (Wildman–Crippen LogP) is -0.507. The van der Waals surface area contributed by atoms with Gasteiger partial charge in [-0.05, 0) is 19.1 Å². The molecule has 11 heavy (non-hydrogen) atoms. The number of nitrogens with zero attached hydrogens (tertiary/aromatic N) is 4. The van der Waals surface area contributed by atoms with Crippen molar-refractivity contribution in [2.75, 3.05) is 0 Å². The molecule has 60 valence electrons. The topological polar surface area (TPSA) is 80.9 Å². The van der Waals surface area contributed by atoms with Gasteiger partial charge in [0.1, 0.15) is 0 Å². The lowest BCUT2D eigenvalue weighted by Crippen LogP contribution is -2.37. The van der Waals surface area contributed by atoms with E-state index in [1.807, 2.05) is 0 Å². The molecule has 6 nitrogen and oxygen atoms in total. The number of hydrogen-bond acceptors (Lipinski definition) is 4. The lowest BCUT2D eigenvalue weighted by molar-refractivity contribution is -0.146. The molecule has 1 N–H and O–H groups in total. The standard InChI is InChI=1S/C5H8N4O2/c1-5(2,4(10)11)9-7-3-6-8-9/h3H,1-2H3,(H,10,11). The Hall–Kier alpha value is -1.46. The quantitative estimate of drug-likeness (QED) is 0.623. The van der Waals surface area contributed by atoms with Crippen LogP contribution in [-0.4, -0.2) is 31.3 Å². The van der Waals surface area contributed by atoms with Crippen molar-refractivity contribution < 1.29 is 9.90 Å². The highest BCUT2D eigenvalue weighted by Gasteiger charge is 2.31. The molecule has 0 radical (unpaired) electrons. The van der Waals surface area contributed by atoms with Crippen LogP contribution in [0.5, 0.6) is 0 Å². The summed E-state index contributed by atoms with van der Waals surface area (Å²) in [5.74, 6) is -0.990. The molecule has 0 aromatic carbocycles. The van der Waals surface area contributed by atoms with E-state index in [1.54, 1.807) is 0 Å². The van der Waals surface area contributed by atoms with Crippen molar-refractivity contribution >= 4 is 5.97 Å². The summed E-state index contributed by atoms with van der Waals surface area (Å²) in [4.78, 5) is 11.6. The highest BCUT2D eigenvalue weighted by molar-refractivity contribution is 5.75. The summed E-state index contributed by atoms with van der Waals surface area (Å²) in [5.41, 5.74) is -1.13. The van der Waals surface area contributed by atoms with Gasteiger partial charge in [0.2, 0.25) is 0 Å². The third-order valence-electron chi connectivity index (χ3n) is 1.37. The van der Waals surface area contributed by atoms with Crippen LogP contribution >= 0.6 is 0 Å². The van der Waals surface area contributed by atoms with Gasteiger partial charge in [-0.3, -0.25) is 0 Å². The van der Waals surface area contributed by atoms with E-state index in [4.69, 9.17) is 5.11 Å². The largest absolute Gasteiger partial charge is 0.479 e. The van der Waals surface area contributed by atoms with E-state index >= 15 is 0 Å². The Labute approximate surface area is 62.8 Å². The van der Waals surface area contributed by atoms with Crippen molar-refractivity contribution in [3.05, 3.63) is 6.33 Å². The highest BCUT2D eigenvalue weighted by Crippen LogP contribution is 2.10. The first-order chi connectivity index (χ1) is 5.05. The van der Waals surface area contributed by atoms with E-state index in [0.29, 0.717) is 0 Å². The van der Waals surface area contributed by atoms with Gasteiger partial charge < -0.3 is 5.11 Å². The number of carboxylic acids is 1. The van der Waals surface area contributed by atoms with Gasteiger partial charge in [0.25, 0.3) is 0 Å². The zero-order chi connectivity index (χ0) is 8.48. The monoisotopic (exact) mass is 156 g/mol. The molecule has 1 heterocycles. The minimum absolute atomic E-state index is 0.990. The Morgan fingerprint density at radius 1 is 1.64 bits per heavy atom. The first-order valence-electron chi connectivity index (χ1n) is 3.02. The maximum atomic E-state index is 10.6. The van der Waals surface area contributed by atoms with Crippen molar-refractivity contribution in [1.82, 2.24) is 20.2 Å². The Kier molecular flexibility index (Phi) is 1.60. The average molecular weight is 156 g/mol. The molecular formula is C5H8N4O2. The molecule has 0 fully saturated rings. The SMILES string of the molecule is CC(C)(C(=O)O)n1ncnn1. The van der Waals surface area contributed by atoms with Crippen molar-refractivity contribution in [2.24, 2.45) is 0 Å². The minimum Gasteiger partial charge on any atom is -0.479 e. The Morgan fingerprint density at radius 3 is 2.64 bits per heavy atom. The molecule has 0 spiro atoms. The average Bonchev–Trinajstić information content (AvgIpc) is 2.37. The van der Waals surface area contributed by atoms with E-state index in [2.05, 4.69) is 15.4 Å². The molecule has 0 aliphatic carbocycles. The van der Waals surface area contributed by atoms with Gasteiger partial charge in [0.05, 0.1) is 0 Å². The molecule has 1 rings (SSSR count). The van der Waals surface area contributed by atoms with Crippen molar-refractivity contribution in [2.45, 2.75) is 19.4 Å². The zero-order valence-electron chi connectivity index (χ0n) is 6.22. The van der Waals surface area contributed by atoms with E-state index in [9.17, 15) is 4.79 Å². The van der Waals surface area contributed by atoms with Gasteiger partial charge in [-0.2, -0.15) is 0 Å². The van der Waals surface area contributed by atoms with E-state index in [0.717, 1.165) is 4.80 Å². The summed E-state index contributed by atoms with van der Waals surface area (Å²) >= 11 is 0.